The number of benzene rings is 1. The molecule has 5 heteroatoms. The molecule has 1 aromatic carbocycles. The van der Waals surface area contributed by atoms with Gasteiger partial charge in [0, 0.05) is 12.2 Å². The zero-order chi connectivity index (χ0) is 13.5. The fraction of sp³-hybridized carbons (Fsp3) is 0.462. The molecular formula is C13H19FN2O2. The molecule has 0 fully saturated rings. The molecule has 0 aliphatic heterocycles. The van der Waals surface area contributed by atoms with Gasteiger partial charge < -0.3 is 15.7 Å². The van der Waals surface area contributed by atoms with E-state index < -0.39 is 12.1 Å². The van der Waals surface area contributed by atoms with Crippen molar-refractivity contribution in [1.82, 2.24) is 5.32 Å². The Morgan fingerprint density at radius 1 is 1.50 bits per heavy atom. The van der Waals surface area contributed by atoms with Crippen LogP contribution < -0.4 is 10.6 Å². The highest BCUT2D eigenvalue weighted by atomic mass is 19.1. The van der Waals surface area contributed by atoms with E-state index in [1.54, 1.807) is 19.1 Å². The van der Waals surface area contributed by atoms with E-state index in [0.29, 0.717) is 30.6 Å². The molecule has 0 bridgehead atoms. The lowest BCUT2D eigenvalue weighted by atomic mass is 10.2. The van der Waals surface area contributed by atoms with Crippen LogP contribution in [-0.2, 0) is 0 Å². The lowest BCUT2D eigenvalue weighted by molar-refractivity contribution is 0.160. The predicted octanol–water partition coefficient (Wildman–Crippen LogP) is 2.42. The number of hydrogen-bond acceptors (Lipinski definition) is 2. The SMILES string of the molecule is CCC(O)CCNC(=O)Nc1ccc(C)c(F)c1. The second-order valence-electron chi connectivity index (χ2n) is 4.20. The zero-order valence-corrected chi connectivity index (χ0v) is 10.7. The minimum Gasteiger partial charge on any atom is -0.393 e. The number of hydrogen-bond donors (Lipinski definition) is 3. The minimum atomic E-state index is -0.401. The molecule has 1 atom stereocenters. The second-order valence-corrected chi connectivity index (χ2v) is 4.20. The maximum Gasteiger partial charge on any atom is 0.319 e. The van der Waals surface area contributed by atoms with E-state index in [2.05, 4.69) is 10.6 Å². The van der Waals surface area contributed by atoms with Gasteiger partial charge in [0.05, 0.1) is 6.10 Å². The Balaban J connectivity index is 2.38. The first kappa shape index (κ1) is 14.4. The molecule has 1 aromatic rings. The molecule has 100 valence electrons. The molecule has 0 aliphatic carbocycles. The molecule has 0 aliphatic rings. The van der Waals surface area contributed by atoms with Crippen molar-refractivity contribution in [2.75, 3.05) is 11.9 Å². The Morgan fingerprint density at radius 2 is 2.22 bits per heavy atom. The van der Waals surface area contributed by atoms with Crippen LogP contribution in [0.15, 0.2) is 18.2 Å². The van der Waals surface area contributed by atoms with Crippen molar-refractivity contribution in [3.63, 3.8) is 0 Å². The number of urea groups is 1. The highest BCUT2D eigenvalue weighted by Gasteiger charge is 2.05. The van der Waals surface area contributed by atoms with E-state index in [-0.39, 0.29) is 5.82 Å². The number of carbonyl (C=O) groups is 1. The van der Waals surface area contributed by atoms with Gasteiger partial charge in [0.15, 0.2) is 0 Å². The summed E-state index contributed by atoms with van der Waals surface area (Å²) in [6.45, 7) is 3.92. The normalized spacial score (nSPS) is 12.0. The van der Waals surface area contributed by atoms with Gasteiger partial charge in [0.25, 0.3) is 0 Å². The van der Waals surface area contributed by atoms with E-state index in [9.17, 15) is 14.3 Å². The fourth-order valence-corrected chi connectivity index (χ4v) is 1.40. The summed E-state index contributed by atoms with van der Waals surface area (Å²) in [7, 11) is 0. The van der Waals surface area contributed by atoms with E-state index >= 15 is 0 Å². The zero-order valence-electron chi connectivity index (χ0n) is 10.7. The number of carbonyl (C=O) groups excluding carboxylic acids is 1. The standard InChI is InChI=1S/C13H19FN2O2/c1-3-11(17)6-7-15-13(18)16-10-5-4-9(2)12(14)8-10/h4-5,8,11,17H,3,6-7H2,1-2H3,(H2,15,16,18). The van der Waals surface area contributed by atoms with Gasteiger partial charge in [-0.25, -0.2) is 9.18 Å². The Bertz CT molecular complexity index is 410. The van der Waals surface area contributed by atoms with Crippen LogP contribution in [0.1, 0.15) is 25.3 Å². The van der Waals surface area contributed by atoms with Gasteiger partial charge in [-0.05, 0) is 37.5 Å². The largest absolute Gasteiger partial charge is 0.393 e. The molecule has 0 saturated heterocycles. The van der Waals surface area contributed by atoms with Crippen molar-refractivity contribution in [2.24, 2.45) is 0 Å². The third-order valence-electron chi connectivity index (χ3n) is 2.66. The quantitative estimate of drug-likeness (QED) is 0.755. The highest BCUT2D eigenvalue weighted by Crippen LogP contribution is 2.13. The second kappa shape index (κ2) is 6.96. The number of anilines is 1. The molecule has 0 radical (unpaired) electrons. The van der Waals surface area contributed by atoms with Gasteiger partial charge in [0.2, 0.25) is 0 Å². The molecule has 3 N–H and O–H groups in total. The number of amides is 2. The molecule has 0 heterocycles. The van der Waals surface area contributed by atoms with Crippen LogP contribution in [0.4, 0.5) is 14.9 Å². The first-order valence-electron chi connectivity index (χ1n) is 6.02. The van der Waals surface area contributed by atoms with Crippen LogP contribution >= 0.6 is 0 Å². The molecule has 0 aromatic heterocycles. The van der Waals surface area contributed by atoms with Gasteiger partial charge in [-0.3, -0.25) is 0 Å². The summed E-state index contributed by atoms with van der Waals surface area (Å²) in [5, 5.41) is 14.4. The molecule has 1 unspecified atom stereocenters. The predicted molar refractivity (Wildman–Crippen MR) is 69.1 cm³/mol. The van der Waals surface area contributed by atoms with Crippen LogP contribution in [0.25, 0.3) is 0 Å². The van der Waals surface area contributed by atoms with Crippen LogP contribution in [0.2, 0.25) is 0 Å². The minimum absolute atomic E-state index is 0.353. The van der Waals surface area contributed by atoms with Gasteiger partial charge in [-0.15, -0.1) is 0 Å². The summed E-state index contributed by atoms with van der Waals surface area (Å²) in [5.74, 6) is -0.353. The Hall–Kier alpha value is -1.62. The molecule has 18 heavy (non-hydrogen) atoms. The number of aliphatic hydroxyl groups excluding tert-OH is 1. The van der Waals surface area contributed by atoms with Crippen molar-refractivity contribution >= 4 is 11.7 Å². The number of rotatable bonds is 5. The molecular weight excluding hydrogens is 235 g/mol. The van der Waals surface area contributed by atoms with Gasteiger partial charge >= 0.3 is 6.03 Å². The lowest BCUT2D eigenvalue weighted by Crippen LogP contribution is -2.31. The molecule has 0 saturated carbocycles. The van der Waals surface area contributed by atoms with Crippen LogP contribution in [-0.4, -0.2) is 23.8 Å². The smallest absolute Gasteiger partial charge is 0.319 e. The van der Waals surface area contributed by atoms with Crippen molar-refractivity contribution in [3.8, 4) is 0 Å². The third kappa shape index (κ3) is 4.71. The van der Waals surface area contributed by atoms with Crippen molar-refractivity contribution in [1.29, 1.82) is 0 Å². The van der Waals surface area contributed by atoms with E-state index in [1.165, 1.54) is 6.07 Å². The molecule has 1 rings (SSSR count). The monoisotopic (exact) mass is 254 g/mol. The first-order valence-corrected chi connectivity index (χ1v) is 6.02. The number of aryl methyl sites for hydroxylation is 1. The van der Waals surface area contributed by atoms with Crippen LogP contribution in [0, 0.1) is 12.7 Å². The Kier molecular flexibility index (Phi) is 5.58. The summed E-state index contributed by atoms with van der Waals surface area (Å²) in [6, 6.07) is 4.11. The van der Waals surface area contributed by atoms with E-state index in [0.717, 1.165) is 0 Å². The maximum absolute atomic E-state index is 13.2. The number of aliphatic hydroxyl groups is 1. The average molecular weight is 254 g/mol. The van der Waals surface area contributed by atoms with Gasteiger partial charge in [-0.2, -0.15) is 0 Å². The summed E-state index contributed by atoms with van der Waals surface area (Å²) in [5.41, 5.74) is 0.943. The summed E-state index contributed by atoms with van der Waals surface area (Å²) in [4.78, 5) is 11.5. The molecule has 4 nitrogen and oxygen atoms in total. The van der Waals surface area contributed by atoms with E-state index in [1.807, 2.05) is 6.92 Å². The Morgan fingerprint density at radius 3 is 2.83 bits per heavy atom. The van der Waals surface area contributed by atoms with Crippen LogP contribution in [0.3, 0.4) is 0 Å². The van der Waals surface area contributed by atoms with Crippen molar-refractivity contribution in [2.45, 2.75) is 32.8 Å². The number of nitrogens with one attached hydrogen (secondary N) is 2. The molecule has 2 amide bonds. The van der Waals surface area contributed by atoms with Gasteiger partial charge in [0.1, 0.15) is 5.82 Å². The van der Waals surface area contributed by atoms with E-state index in [4.69, 9.17) is 0 Å². The highest BCUT2D eigenvalue weighted by molar-refractivity contribution is 5.89. The first-order chi connectivity index (χ1) is 8.52. The third-order valence-corrected chi connectivity index (χ3v) is 2.66. The van der Waals surface area contributed by atoms with Crippen molar-refractivity contribution < 1.29 is 14.3 Å². The van der Waals surface area contributed by atoms with Gasteiger partial charge in [-0.1, -0.05) is 13.0 Å². The fourth-order valence-electron chi connectivity index (χ4n) is 1.40. The summed E-state index contributed by atoms with van der Waals surface area (Å²) in [6.07, 6.45) is 0.765. The Labute approximate surface area is 106 Å². The topological polar surface area (TPSA) is 61.4 Å². The summed E-state index contributed by atoms with van der Waals surface area (Å²) < 4.78 is 13.2. The van der Waals surface area contributed by atoms with Crippen LogP contribution in [0.5, 0.6) is 0 Å². The molecule has 0 spiro atoms. The lowest BCUT2D eigenvalue weighted by Gasteiger charge is -2.10. The average Bonchev–Trinajstić information content (AvgIpc) is 2.33. The van der Waals surface area contributed by atoms with Crippen molar-refractivity contribution in [3.05, 3.63) is 29.6 Å². The number of halogens is 1. The maximum atomic E-state index is 13.2. The summed E-state index contributed by atoms with van der Waals surface area (Å²) >= 11 is 0.